The van der Waals surface area contributed by atoms with Crippen LogP contribution in [0.3, 0.4) is 0 Å². The van der Waals surface area contributed by atoms with Crippen LogP contribution < -0.4 is 10.2 Å². The number of nitrogens with zero attached hydrogens (tertiary/aromatic N) is 1. The average Bonchev–Trinajstić information content (AvgIpc) is 2.82. The van der Waals surface area contributed by atoms with Crippen molar-refractivity contribution in [3.05, 3.63) is 77.0 Å². The molecule has 0 saturated carbocycles. The van der Waals surface area contributed by atoms with E-state index >= 15 is 0 Å². The first kappa shape index (κ1) is 15.4. The van der Waals surface area contributed by atoms with Crippen LogP contribution in [0.25, 0.3) is 0 Å². The molecule has 1 amide bonds. The number of para-hydroxylation sites is 1. The number of hydrogen-bond donors (Lipinski definition) is 1. The molecule has 23 heavy (non-hydrogen) atoms. The highest BCUT2D eigenvalue weighted by atomic mass is 35.5. The number of amides is 1. The van der Waals surface area contributed by atoms with Gasteiger partial charge in [0.2, 0.25) is 0 Å². The van der Waals surface area contributed by atoms with Crippen molar-refractivity contribution in [1.82, 2.24) is 5.32 Å². The third kappa shape index (κ3) is 3.16. The van der Waals surface area contributed by atoms with E-state index in [1.165, 1.54) is 11.0 Å². The van der Waals surface area contributed by atoms with Gasteiger partial charge in [0.1, 0.15) is 5.70 Å². The number of benzene rings is 2. The number of thiocarbonyl (C=S) groups is 1. The first-order valence-electron chi connectivity index (χ1n) is 6.78. The third-order valence-corrected chi connectivity index (χ3v) is 3.83. The van der Waals surface area contributed by atoms with E-state index in [1.807, 2.05) is 18.2 Å². The molecular weight excluding hydrogens is 332 g/mol. The quantitative estimate of drug-likeness (QED) is 0.528. The summed E-state index contributed by atoms with van der Waals surface area (Å²) in [4.78, 5) is 26.1. The number of rotatable bonds is 3. The lowest BCUT2D eigenvalue weighted by Gasteiger charge is -2.13. The molecule has 3 rings (SSSR count). The Morgan fingerprint density at radius 3 is 2.39 bits per heavy atom. The zero-order valence-electron chi connectivity index (χ0n) is 11.8. The molecule has 1 aliphatic heterocycles. The van der Waals surface area contributed by atoms with Gasteiger partial charge in [0.25, 0.3) is 5.91 Å². The number of nitrogens with one attached hydrogen (secondary N) is 1. The Labute approximate surface area is 143 Å². The molecule has 114 valence electrons. The van der Waals surface area contributed by atoms with E-state index in [0.717, 1.165) is 0 Å². The molecule has 1 aliphatic rings. The van der Waals surface area contributed by atoms with Crippen LogP contribution in [0.5, 0.6) is 0 Å². The van der Waals surface area contributed by atoms with Gasteiger partial charge >= 0.3 is 0 Å². The van der Waals surface area contributed by atoms with Crippen LogP contribution in [0.1, 0.15) is 10.4 Å². The van der Waals surface area contributed by atoms with Gasteiger partial charge in [-0.2, -0.15) is 0 Å². The summed E-state index contributed by atoms with van der Waals surface area (Å²) in [5, 5.41) is 3.58. The maximum Gasteiger partial charge on any atom is 0.281 e. The third-order valence-electron chi connectivity index (χ3n) is 3.30. The van der Waals surface area contributed by atoms with Crippen molar-refractivity contribution in [1.29, 1.82) is 0 Å². The minimum Gasteiger partial charge on any atom is -0.327 e. The molecule has 0 atom stereocenters. The minimum absolute atomic E-state index is 0.152. The maximum atomic E-state index is 12.5. The Balaban J connectivity index is 1.87. The van der Waals surface area contributed by atoms with Crippen LogP contribution in [0.4, 0.5) is 5.69 Å². The van der Waals surface area contributed by atoms with Crippen molar-refractivity contribution < 1.29 is 9.59 Å². The fourth-order valence-corrected chi connectivity index (χ4v) is 2.60. The van der Waals surface area contributed by atoms with Crippen molar-refractivity contribution in [2.24, 2.45) is 0 Å². The van der Waals surface area contributed by atoms with Gasteiger partial charge in [-0.15, -0.1) is 0 Å². The Kier molecular flexibility index (Phi) is 4.23. The number of ketones is 1. The monoisotopic (exact) mass is 342 g/mol. The van der Waals surface area contributed by atoms with E-state index in [9.17, 15) is 9.59 Å². The number of carbonyl (C=O) groups is 2. The maximum absolute atomic E-state index is 12.5. The van der Waals surface area contributed by atoms with Crippen molar-refractivity contribution in [3.63, 3.8) is 0 Å². The number of carbonyl (C=O) groups excluding carboxylic acids is 2. The molecule has 0 radical (unpaired) electrons. The summed E-state index contributed by atoms with van der Waals surface area (Å²) in [5.41, 5.74) is 1.25. The molecule has 1 fully saturated rings. The van der Waals surface area contributed by atoms with E-state index < -0.39 is 0 Å². The predicted molar refractivity (Wildman–Crippen MR) is 93.5 cm³/mol. The van der Waals surface area contributed by atoms with Crippen molar-refractivity contribution in [3.8, 4) is 0 Å². The molecule has 0 spiro atoms. The molecular formula is C17H11ClN2O2S. The van der Waals surface area contributed by atoms with Crippen LogP contribution >= 0.6 is 23.8 Å². The molecule has 2 aromatic rings. The highest BCUT2D eigenvalue weighted by molar-refractivity contribution is 7.80. The Morgan fingerprint density at radius 1 is 1.09 bits per heavy atom. The standard InChI is InChI=1S/C17H11ClN2O2S/c18-12-8-6-11(7-9-12)15(21)10-14-16(22)20(17(23)19-14)13-4-2-1-3-5-13/h1-10H,(H,19,23). The van der Waals surface area contributed by atoms with Gasteiger partial charge in [-0.1, -0.05) is 29.8 Å². The highest BCUT2D eigenvalue weighted by Crippen LogP contribution is 2.21. The summed E-state index contributed by atoms with van der Waals surface area (Å²) in [6.45, 7) is 0. The molecule has 1 saturated heterocycles. The molecule has 0 bridgehead atoms. The topological polar surface area (TPSA) is 49.4 Å². The highest BCUT2D eigenvalue weighted by Gasteiger charge is 2.32. The number of hydrogen-bond acceptors (Lipinski definition) is 3. The van der Waals surface area contributed by atoms with Crippen LogP contribution in [0.2, 0.25) is 5.02 Å². The zero-order chi connectivity index (χ0) is 16.4. The zero-order valence-corrected chi connectivity index (χ0v) is 13.4. The van der Waals surface area contributed by atoms with Crippen LogP contribution in [0.15, 0.2) is 66.4 Å². The lowest BCUT2D eigenvalue weighted by Crippen LogP contribution is -2.30. The fraction of sp³-hybridized carbons (Fsp3) is 0. The van der Waals surface area contributed by atoms with E-state index in [1.54, 1.807) is 36.4 Å². The summed E-state index contributed by atoms with van der Waals surface area (Å²) in [6.07, 6.45) is 1.25. The average molecular weight is 343 g/mol. The second-order valence-corrected chi connectivity index (χ2v) is 5.66. The fourth-order valence-electron chi connectivity index (χ4n) is 2.18. The second kappa shape index (κ2) is 6.32. The van der Waals surface area contributed by atoms with E-state index in [2.05, 4.69) is 5.32 Å². The van der Waals surface area contributed by atoms with Gasteiger partial charge in [0.15, 0.2) is 10.9 Å². The van der Waals surface area contributed by atoms with Crippen LogP contribution in [0, 0.1) is 0 Å². The van der Waals surface area contributed by atoms with Crippen molar-refractivity contribution in [2.45, 2.75) is 0 Å². The molecule has 4 nitrogen and oxygen atoms in total. The Bertz CT molecular complexity index is 816. The summed E-state index contributed by atoms with van der Waals surface area (Å²) in [6, 6.07) is 15.5. The van der Waals surface area contributed by atoms with Gasteiger partial charge in [-0.25, -0.2) is 0 Å². The van der Waals surface area contributed by atoms with Gasteiger partial charge < -0.3 is 5.32 Å². The summed E-state index contributed by atoms with van der Waals surface area (Å²) in [7, 11) is 0. The van der Waals surface area contributed by atoms with Crippen LogP contribution in [-0.4, -0.2) is 16.8 Å². The first-order chi connectivity index (χ1) is 11.1. The Morgan fingerprint density at radius 2 is 1.74 bits per heavy atom. The Hall–Kier alpha value is -2.50. The van der Waals surface area contributed by atoms with Gasteiger partial charge in [0, 0.05) is 16.7 Å². The normalized spacial score (nSPS) is 15.9. The molecule has 0 aliphatic carbocycles. The molecule has 1 N–H and O–H groups in total. The largest absolute Gasteiger partial charge is 0.327 e. The number of anilines is 1. The predicted octanol–water partition coefficient (Wildman–Crippen LogP) is 3.33. The molecule has 1 heterocycles. The number of halogens is 1. The minimum atomic E-state index is -0.358. The summed E-state index contributed by atoms with van der Waals surface area (Å²) in [5.74, 6) is -0.654. The van der Waals surface area contributed by atoms with Gasteiger partial charge in [-0.3, -0.25) is 14.5 Å². The van der Waals surface area contributed by atoms with Crippen LogP contribution in [-0.2, 0) is 4.79 Å². The summed E-state index contributed by atoms with van der Waals surface area (Å²) < 4.78 is 0. The van der Waals surface area contributed by atoms with Gasteiger partial charge in [0.05, 0.1) is 5.69 Å². The van der Waals surface area contributed by atoms with E-state index in [-0.39, 0.29) is 22.5 Å². The molecule has 2 aromatic carbocycles. The van der Waals surface area contributed by atoms with Crippen molar-refractivity contribution in [2.75, 3.05) is 4.90 Å². The molecule has 6 heteroatoms. The molecule has 0 unspecified atom stereocenters. The number of allylic oxidation sites excluding steroid dienone is 1. The van der Waals surface area contributed by atoms with E-state index in [0.29, 0.717) is 16.3 Å². The van der Waals surface area contributed by atoms with Gasteiger partial charge in [-0.05, 0) is 48.6 Å². The lowest BCUT2D eigenvalue weighted by molar-refractivity contribution is -0.113. The smallest absolute Gasteiger partial charge is 0.281 e. The van der Waals surface area contributed by atoms with Crippen molar-refractivity contribution >= 4 is 46.3 Å². The SMILES string of the molecule is O=C(C=C1NC(=S)N(c2ccccc2)C1=O)c1ccc(Cl)cc1. The second-order valence-electron chi connectivity index (χ2n) is 4.84. The summed E-state index contributed by atoms with van der Waals surface area (Å²) >= 11 is 11.0. The first-order valence-corrected chi connectivity index (χ1v) is 7.57. The molecule has 0 aromatic heterocycles. The van der Waals surface area contributed by atoms with E-state index in [4.69, 9.17) is 23.8 Å². The lowest BCUT2D eigenvalue weighted by atomic mass is 10.1.